The van der Waals surface area contributed by atoms with Gasteiger partial charge in [-0.1, -0.05) is 27.7 Å². The van der Waals surface area contributed by atoms with Gasteiger partial charge in [0.1, 0.15) is 12.2 Å². The molecule has 98 valence electrons. The van der Waals surface area contributed by atoms with Gasteiger partial charge in [0, 0.05) is 19.5 Å². The first-order chi connectivity index (χ1) is 8.09. The smallest absolute Gasteiger partial charge is 0.138 e. The molecule has 0 saturated heterocycles. The molecule has 4 nitrogen and oxygen atoms in total. The van der Waals surface area contributed by atoms with Crippen LogP contribution < -0.4 is 5.32 Å². The number of aromatic nitrogens is 3. The van der Waals surface area contributed by atoms with Crippen molar-refractivity contribution in [3.8, 4) is 0 Å². The number of rotatable bonds is 8. The van der Waals surface area contributed by atoms with Crippen molar-refractivity contribution in [3.63, 3.8) is 0 Å². The highest BCUT2D eigenvalue weighted by Crippen LogP contribution is 2.19. The van der Waals surface area contributed by atoms with E-state index in [9.17, 15) is 0 Å². The lowest BCUT2D eigenvalue weighted by Gasteiger charge is -2.24. The van der Waals surface area contributed by atoms with Gasteiger partial charge >= 0.3 is 0 Å². The summed E-state index contributed by atoms with van der Waals surface area (Å²) >= 11 is 0. The van der Waals surface area contributed by atoms with E-state index in [0.29, 0.717) is 0 Å². The Kier molecular flexibility index (Phi) is 5.62. The standard InChI is InChI=1S/C13H26N4/c1-5-7-14-10-13(3,4)9-12-15-11-16-17(12)8-6-2/h11,14H,5-10H2,1-4H3. The van der Waals surface area contributed by atoms with Crippen molar-refractivity contribution in [1.29, 1.82) is 0 Å². The Balaban J connectivity index is 2.52. The number of hydrogen-bond acceptors (Lipinski definition) is 3. The third-order valence-corrected chi connectivity index (χ3v) is 2.80. The first-order valence-corrected chi connectivity index (χ1v) is 6.66. The van der Waals surface area contributed by atoms with Crippen LogP contribution in [0.3, 0.4) is 0 Å². The molecule has 17 heavy (non-hydrogen) atoms. The van der Waals surface area contributed by atoms with E-state index in [1.54, 1.807) is 6.33 Å². The molecule has 1 N–H and O–H groups in total. The predicted octanol–water partition coefficient (Wildman–Crippen LogP) is 2.26. The van der Waals surface area contributed by atoms with Crippen LogP contribution in [-0.4, -0.2) is 27.9 Å². The van der Waals surface area contributed by atoms with Crippen molar-refractivity contribution in [2.24, 2.45) is 5.41 Å². The van der Waals surface area contributed by atoms with E-state index in [2.05, 4.69) is 43.1 Å². The second-order valence-corrected chi connectivity index (χ2v) is 5.42. The van der Waals surface area contributed by atoms with Gasteiger partial charge in [-0.05, 0) is 24.8 Å². The quantitative estimate of drug-likeness (QED) is 0.706. The molecule has 0 saturated carbocycles. The van der Waals surface area contributed by atoms with Gasteiger partial charge < -0.3 is 5.32 Å². The highest BCUT2D eigenvalue weighted by molar-refractivity contribution is 4.91. The number of aryl methyl sites for hydroxylation is 1. The van der Waals surface area contributed by atoms with E-state index in [-0.39, 0.29) is 5.41 Å². The maximum Gasteiger partial charge on any atom is 0.138 e. The van der Waals surface area contributed by atoms with E-state index in [1.165, 1.54) is 6.42 Å². The molecular weight excluding hydrogens is 212 g/mol. The number of nitrogens with zero attached hydrogens (tertiary/aromatic N) is 3. The summed E-state index contributed by atoms with van der Waals surface area (Å²) in [4.78, 5) is 4.37. The lowest BCUT2D eigenvalue weighted by atomic mass is 9.89. The zero-order chi connectivity index (χ0) is 12.7. The maximum absolute atomic E-state index is 4.37. The van der Waals surface area contributed by atoms with Crippen LogP contribution in [0.15, 0.2) is 6.33 Å². The Morgan fingerprint density at radius 2 is 2.06 bits per heavy atom. The molecule has 1 heterocycles. The van der Waals surface area contributed by atoms with Crippen molar-refractivity contribution in [2.75, 3.05) is 13.1 Å². The Labute approximate surface area is 105 Å². The third kappa shape index (κ3) is 4.86. The number of hydrogen-bond donors (Lipinski definition) is 1. The fourth-order valence-electron chi connectivity index (χ4n) is 1.92. The first-order valence-electron chi connectivity index (χ1n) is 6.66. The van der Waals surface area contributed by atoms with E-state index in [0.717, 1.165) is 38.3 Å². The van der Waals surface area contributed by atoms with Crippen LogP contribution in [0.25, 0.3) is 0 Å². The topological polar surface area (TPSA) is 42.7 Å². The van der Waals surface area contributed by atoms with Crippen LogP contribution in [0, 0.1) is 5.41 Å². The van der Waals surface area contributed by atoms with Crippen LogP contribution in [0.4, 0.5) is 0 Å². The maximum atomic E-state index is 4.37. The highest BCUT2D eigenvalue weighted by Gasteiger charge is 2.20. The molecule has 0 amide bonds. The van der Waals surface area contributed by atoms with E-state index in [1.807, 2.05) is 4.68 Å². The van der Waals surface area contributed by atoms with Crippen LogP contribution in [0.2, 0.25) is 0 Å². The average Bonchev–Trinajstić information content (AvgIpc) is 2.66. The molecule has 0 radical (unpaired) electrons. The van der Waals surface area contributed by atoms with Gasteiger partial charge in [-0.2, -0.15) is 5.10 Å². The fourth-order valence-corrected chi connectivity index (χ4v) is 1.92. The molecule has 0 aliphatic heterocycles. The zero-order valence-corrected chi connectivity index (χ0v) is 11.7. The lowest BCUT2D eigenvalue weighted by molar-refractivity contribution is 0.324. The molecule has 0 fully saturated rings. The normalized spacial score (nSPS) is 12.0. The molecule has 0 aromatic carbocycles. The first kappa shape index (κ1) is 14.2. The second-order valence-electron chi connectivity index (χ2n) is 5.42. The summed E-state index contributed by atoms with van der Waals surface area (Å²) in [6.07, 6.45) is 4.93. The second kappa shape index (κ2) is 6.74. The van der Waals surface area contributed by atoms with Gasteiger partial charge in [0.2, 0.25) is 0 Å². The molecule has 1 aromatic heterocycles. The molecule has 0 unspecified atom stereocenters. The Bertz CT molecular complexity index is 317. The van der Waals surface area contributed by atoms with Gasteiger partial charge in [0.15, 0.2) is 0 Å². The Hall–Kier alpha value is -0.900. The van der Waals surface area contributed by atoms with Crippen molar-refractivity contribution in [2.45, 2.75) is 53.5 Å². The molecule has 0 aliphatic carbocycles. The van der Waals surface area contributed by atoms with Gasteiger partial charge in [-0.25, -0.2) is 4.98 Å². The summed E-state index contributed by atoms with van der Waals surface area (Å²) in [6, 6.07) is 0. The molecule has 1 aromatic rings. The minimum atomic E-state index is 0.230. The SMILES string of the molecule is CCCNCC(C)(C)Cc1ncnn1CCC. The molecule has 0 atom stereocenters. The average molecular weight is 238 g/mol. The fraction of sp³-hybridized carbons (Fsp3) is 0.846. The van der Waals surface area contributed by atoms with Crippen molar-refractivity contribution < 1.29 is 0 Å². The number of nitrogens with one attached hydrogen (secondary N) is 1. The van der Waals surface area contributed by atoms with Gasteiger partial charge in [0.25, 0.3) is 0 Å². The minimum Gasteiger partial charge on any atom is -0.316 e. The Morgan fingerprint density at radius 1 is 1.29 bits per heavy atom. The summed E-state index contributed by atoms with van der Waals surface area (Å²) in [5, 5.41) is 7.75. The summed E-state index contributed by atoms with van der Waals surface area (Å²) in [5.74, 6) is 1.11. The summed E-state index contributed by atoms with van der Waals surface area (Å²) < 4.78 is 2.03. The molecule has 1 rings (SSSR count). The van der Waals surface area contributed by atoms with Gasteiger partial charge in [-0.3, -0.25) is 4.68 Å². The highest BCUT2D eigenvalue weighted by atomic mass is 15.3. The monoisotopic (exact) mass is 238 g/mol. The van der Waals surface area contributed by atoms with E-state index in [4.69, 9.17) is 0 Å². The van der Waals surface area contributed by atoms with Crippen LogP contribution in [-0.2, 0) is 13.0 Å². The van der Waals surface area contributed by atoms with Crippen LogP contribution in [0.1, 0.15) is 46.4 Å². The third-order valence-electron chi connectivity index (χ3n) is 2.80. The van der Waals surface area contributed by atoms with Crippen molar-refractivity contribution in [3.05, 3.63) is 12.2 Å². The van der Waals surface area contributed by atoms with Crippen molar-refractivity contribution in [1.82, 2.24) is 20.1 Å². The summed E-state index contributed by atoms with van der Waals surface area (Å²) in [7, 11) is 0. The van der Waals surface area contributed by atoms with E-state index >= 15 is 0 Å². The minimum absolute atomic E-state index is 0.230. The molecular formula is C13H26N4. The molecule has 0 aliphatic rings. The molecule has 0 spiro atoms. The van der Waals surface area contributed by atoms with Crippen molar-refractivity contribution >= 4 is 0 Å². The van der Waals surface area contributed by atoms with Gasteiger partial charge in [0.05, 0.1) is 0 Å². The summed E-state index contributed by atoms with van der Waals surface area (Å²) in [6.45, 7) is 12.0. The zero-order valence-electron chi connectivity index (χ0n) is 11.7. The van der Waals surface area contributed by atoms with Crippen LogP contribution >= 0.6 is 0 Å². The van der Waals surface area contributed by atoms with Crippen LogP contribution in [0.5, 0.6) is 0 Å². The predicted molar refractivity (Wildman–Crippen MR) is 71.0 cm³/mol. The lowest BCUT2D eigenvalue weighted by Crippen LogP contribution is -2.32. The van der Waals surface area contributed by atoms with Gasteiger partial charge in [-0.15, -0.1) is 0 Å². The summed E-state index contributed by atoms with van der Waals surface area (Å²) in [5.41, 5.74) is 0.230. The molecule has 4 heteroatoms. The Morgan fingerprint density at radius 3 is 2.71 bits per heavy atom. The molecule has 0 bridgehead atoms. The largest absolute Gasteiger partial charge is 0.316 e. The van der Waals surface area contributed by atoms with E-state index < -0.39 is 0 Å².